The maximum absolute atomic E-state index is 5.55. The second kappa shape index (κ2) is 7.95. The minimum atomic E-state index is 0. The molecule has 0 aromatic carbocycles. The molecule has 0 fully saturated rings. The van der Waals surface area contributed by atoms with Crippen molar-refractivity contribution in [1.29, 1.82) is 0 Å². The second-order valence-electron chi connectivity index (χ2n) is 4.16. The van der Waals surface area contributed by atoms with E-state index in [9.17, 15) is 0 Å². The molecule has 0 saturated carbocycles. The fourth-order valence-electron chi connectivity index (χ4n) is 2.33. The predicted molar refractivity (Wildman–Crippen MR) is 55.4 cm³/mol. The van der Waals surface area contributed by atoms with Crippen LogP contribution in [0.2, 0.25) is 0 Å². The van der Waals surface area contributed by atoms with Gasteiger partial charge in [-0.05, 0) is 0 Å². The molecule has 0 aliphatic heterocycles. The van der Waals surface area contributed by atoms with E-state index in [0.29, 0.717) is 12.0 Å². The van der Waals surface area contributed by atoms with Gasteiger partial charge in [-0.1, -0.05) is 0 Å². The fourth-order valence-corrected chi connectivity index (χ4v) is 2.80. The molecule has 0 amide bonds. The average molecular weight is 298 g/mol. The molecular weight excluding hydrogens is 279 g/mol. The van der Waals surface area contributed by atoms with Crippen LogP contribution in [0.3, 0.4) is 0 Å². The first kappa shape index (κ1) is 19.1. The molecule has 0 N–H and O–H groups in total. The van der Waals surface area contributed by atoms with Crippen LogP contribution in [0, 0.1) is 5.92 Å². The van der Waals surface area contributed by atoms with Crippen LogP contribution in [0.5, 0.6) is 0 Å². The molecule has 91 valence electrons. The molecule has 1 aliphatic rings. The molecule has 0 spiro atoms. The standard InChI is InChI=1S/C12H19O.2ClH.Ti/c1-6-11(13)12-9(4)7(2)8(3)10(12)5;;;/h11-12H,6H2,1-5H3;2*1H;/q-1;;;+3/p-2. The smallest absolute Gasteiger partial charge is 1.00 e. The van der Waals surface area contributed by atoms with Crippen LogP contribution in [0.1, 0.15) is 41.0 Å². The Morgan fingerprint density at radius 1 is 1.06 bits per heavy atom. The molecule has 0 bridgehead atoms. The van der Waals surface area contributed by atoms with Crippen molar-refractivity contribution in [2.24, 2.45) is 5.92 Å². The third kappa shape index (κ3) is 3.37. The van der Waals surface area contributed by atoms with Crippen LogP contribution in [0.4, 0.5) is 0 Å². The summed E-state index contributed by atoms with van der Waals surface area (Å²) in [7, 11) is 0. The van der Waals surface area contributed by atoms with Gasteiger partial charge in [-0.3, -0.25) is 0 Å². The van der Waals surface area contributed by atoms with Crippen LogP contribution in [0.25, 0.3) is 0 Å². The summed E-state index contributed by atoms with van der Waals surface area (Å²) in [6.45, 7) is 11.1. The average Bonchev–Trinajstić information content (AvgIpc) is 2.37. The van der Waals surface area contributed by atoms with Gasteiger partial charge >= 0.3 is 99.5 Å². The summed E-state index contributed by atoms with van der Waals surface area (Å²) in [5.74, 6) is 0.519. The number of allylic oxidation sites excluding steroid dienone is 2. The summed E-state index contributed by atoms with van der Waals surface area (Å²) in [5.41, 5.74) is 5.91. The van der Waals surface area contributed by atoms with Gasteiger partial charge in [-0.2, -0.15) is 0 Å². The summed E-state index contributed by atoms with van der Waals surface area (Å²) in [5, 5.41) is 0. The van der Waals surface area contributed by atoms with Crippen LogP contribution >= 0.6 is 0 Å². The minimum Gasteiger partial charge on any atom is -1.00 e. The Labute approximate surface area is 124 Å². The first-order chi connectivity index (χ1) is 6.54. The zero-order valence-electron chi connectivity index (χ0n) is 10.5. The van der Waals surface area contributed by atoms with E-state index < -0.39 is 0 Å². The minimum absolute atomic E-state index is 0. The van der Waals surface area contributed by atoms with Crippen LogP contribution < -0.4 is 24.8 Å². The molecule has 1 aliphatic carbocycles. The molecule has 0 aromatic rings. The number of rotatable bonds is 3. The third-order valence-electron chi connectivity index (χ3n) is 3.60. The Kier molecular flexibility index (Phi) is 9.48. The van der Waals surface area contributed by atoms with Gasteiger partial charge in [0.1, 0.15) is 0 Å². The Bertz CT molecular complexity index is 269. The number of halogens is 2. The van der Waals surface area contributed by atoms with Crippen molar-refractivity contribution >= 4 is 0 Å². The Hall–Kier alpha value is 0.734. The first-order valence-corrected chi connectivity index (χ1v) is 5.85. The topological polar surface area (TPSA) is 9.23 Å². The quantitative estimate of drug-likeness (QED) is 0.526. The molecule has 0 saturated heterocycles. The second-order valence-corrected chi connectivity index (χ2v) is 4.53. The molecule has 4 heteroatoms. The zero-order valence-corrected chi connectivity index (χ0v) is 13.6. The van der Waals surface area contributed by atoms with Gasteiger partial charge in [-0.15, -0.1) is 0 Å². The molecule has 1 nitrogen and oxygen atoms in total. The molecule has 0 aromatic heterocycles. The van der Waals surface area contributed by atoms with Crippen molar-refractivity contribution in [2.45, 2.75) is 47.1 Å². The van der Waals surface area contributed by atoms with E-state index in [-0.39, 0.29) is 24.8 Å². The largest absolute Gasteiger partial charge is 1.00 e. The van der Waals surface area contributed by atoms with Crippen molar-refractivity contribution in [1.82, 2.24) is 0 Å². The van der Waals surface area contributed by atoms with E-state index in [2.05, 4.69) is 34.6 Å². The summed E-state index contributed by atoms with van der Waals surface area (Å²) >= 11 is 1.82. The summed E-state index contributed by atoms with van der Waals surface area (Å²) in [4.78, 5) is 0. The third-order valence-corrected chi connectivity index (χ3v) is 4.08. The van der Waals surface area contributed by atoms with Crippen molar-refractivity contribution in [3.63, 3.8) is 0 Å². The Morgan fingerprint density at radius 3 is 1.69 bits per heavy atom. The molecule has 1 atom stereocenters. The maximum atomic E-state index is 5.55. The molecule has 1 rings (SSSR count). The SMILES string of the molecule is CCC([O][Ti+2])C1C(C)=C(C)C(C)=C1C.[Cl-].[Cl-]. The number of hydrogen-bond acceptors (Lipinski definition) is 1. The summed E-state index contributed by atoms with van der Waals surface area (Å²) < 4.78 is 5.55. The van der Waals surface area contributed by atoms with E-state index >= 15 is 0 Å². The monoisotopic (exact) mass is 297 g/mol. The van der Waals surface area contributed by atoms with Crippen molar-refractivity contribution < 1.29 is 49.0 Å². The van der Waals surface area contributed by atoms with Crippen molar-refractivity contribution in [2.75, 3.05) is 0 Å². The zero-order chi connectivity index (χ0) is 10.9. The van der Waals surface area contributed by atoms with E-state index in [0.717, 1.165) is 6.42 Å². The fraction of sp³-hybridized carbons (Fsp3) is 0.667. The summed E-state index contributed by atoms with van der Waals surface area (Å²) in [6.07, 6.45) is 1.43. The van der Waals surface area contributed by atoms with Gasteiger partial charge < -0.3 is 24.8 Å². The van der Waals surface area contributed by atoms with Gasteiger partial charge in [-0.25, -0.2) is 0 Å². The van der Waals surface area contributed by atoms with E-state index in [1.165, 1.54) is 22.3 Å². The van der Waals surface area contributed by atoms with Crippen LogP contribution in [0.15, 0.2) is 22.3 Å². The van der Waals surface area contributed by atoms with Crippen LogP contribution in [-0.4, -0.2) is 6.10 Å². The van der Waals surface area contributed by atoms with Gasteiger partial charge in [0.2, 0.25) is 0 Å². The van der Waals surface area contributed by atoms with E-state index in [4.69, 9.17) is 3.32 Å². The van der Waals surface area contributed by atoms with E-state index in [1.54, 1.807) is 0 Å². The molecule has 0 heterocycles. The Morgan fingerprint density at radius 2 is 1.44 bits per heavy atom. The molecule has 0 radical (unpaired) electrons. The number of hydrogen-bond donors (Lipinski definition) is 0. The summed E-state index contributed by atoms with van der Waals surface area (Å²) in [6, 6.07) is 0. The molecule has 1 unspecified atom stereocenters. The van der Waals surface area contributed by atoms with Crippen molar-refractivity contribution in [3.8, 4) is 0 Å². The predicted octanol–water partition coefficient (Wildman–Crippen LogP) is -2.45. The van der Waals surface area contributed by atoms with Gasteiger partial charge in [0, 0.05) is 0 Å². The van der Waals surface area contributed by atoms with Crippen LogP contribution in [-0.2, 0) is 24.1 Å². The molecular formula is C12H19Cl2OTi. The first-order valence-electron chi connectivity index (χ1n) is 5.22. The van der Waals surface area contributed by atoms with Gasteiger partial charge in [0.25, 0.3) is 0 Å². The Balaban J connectivity index is 0. The van der Waals surface area contributed by atoms with Gasteiger partial charge in [0.15, 0.2) is 0 Å². The maximum Gasteiger partial charge on any atom is -1.00 e. The van der Waals surface area contributed by atoms with Crippen molar-refractivity contribution in [3.05, 3.63) is 22.3 Å². The van der Waals surface area contributed by atoms with Gasteiger partial charge in [0.05, 0.1) is 0 Å². The van der Waals surface area contributed by atoms with E-state index in [1.807, 2.05) is 20.8 Å². The normalized spacial score (nSPS) is 18.4. The molecule has 16 heavy (non-hydrogen) atoms.